The molecule has 2 saturated heterocycles. The van der Waals surface area contributed by atoms with Gasteiger partial charge in [-0.3, -0.25) is 14.5 Å². The summed E-state index contributed by atoms with van der Waals surface area (Å²) >= 11 is 0. The van der Waals surface area contributed by atoms with Crippen molar-refractivity contribution in [3.05, 3.63) is 107 Å². The van der Waals surface area contributed by atoms with Crippen LogP contribution < -0.4 is 5.73 Å². The summed E-state index contributed by atoms with van der Waals surface area (Å²) in [4.78, 5) is 45.5. The molecule has 0 aliphatic carbocycles. The zero-order valence-electron chi connectivity index (χ0n) is 23.7. The Labute approximate surface area is 247 Å². The van der Waals surface area contributed by atoms with Crippen LogP contribution >= 0.6 is 0 Å². The molecule has 3 aromatic carbocycles. The van der Waals surface area contributed by atoms with E-state index in [9.17, 15) is 27.6 Å². The first-order chi connectivity index (χ1) is 20.5. The summed E-state index contributed by atoms with van der Waals surface area (Å²) in [5.74, 6) is -1.27. The normalized spacial score (nSPS) is 20.7. The molecule has 11 heteroatoms. The van der Waals surface area contributed by atoms with Crippen molar-refractivity contribution in [2.24, 2.45) is 11.7 Å². The van der Waals surface area contributed by atoms with Crippen molar-refractivity contribution in [3.63, 3.8) is 0 Å². The molecule has 43 heavy (non-hydrogen) atoms. The maximum atomic E-state index is 13.9. The summed E-state index contributed by atoms with van der Waals surface area (Å²) in [6.45, 7) is 1.31. The van der Waals surface area contributed by atoms with E-state index < -0.39 is 42.6 Å². The average molecular weight is 595 g/mol. The second-order valence-corrected chi connectivity index (χ2v) is 11.0. The number of nitrogens with two attached hydrogens (primary N) is 1. The molecule has 0 aromatic heterocycles. The van der Waals surface area contributed by atoms with Crippen LogP contribution in [0, 0.1) is 12.8 Å². The lowest BCUT2D eigenvalue weighted by atomic mass is 9.92. The fourth-order valence-electron chi connectivity index (χ4n) is 5.85. The van der Waals surface area contributed by atoms with Crippen LogP contribution in [0.5, 0.6) is 0 Å². The molecular weight excluding hydrogens is 561 g/mol. The molecule has 0 bridgehead atoms. The van der Waals surface area contributed by atoms with Crippen molar-refractivity contribution in [3.8, 4) is 0 Å². The molecular formula is C32H33F3N4O4. The SMILES string of the molecule is Cc1cc(COC(=O)N2C[C@@H](Cc3ccccc3)C(=O)N3[C@@H]2CN(Cc2ccccc2)C(=O)[C@@H]3CN)cc(C(F)(F)F)c1. The van der Waals surface area contributed by atoms with E-state index in [-0.39, 0.29) is 43.6 Å². The first-order valence-electron chi connectivity index (χ1n) is 14.0. The summed E-state index contributed by atoms with van der Waals surface area (Å²) < 4.78 is 45.7. The van der Waals surface area contributed by atoms with Crippen molar-refractivity contribution < 1.29 is 32.3 Å². The number of alkyl halides is 3. The molecule has 2 aliphatic rings. The molecule has 0 unspecified atom stereocenters. The Morgan fingerprint density at radius 3 is 2.19 bits per heavy atom. The minimum absolute atomic E-state index is 0.0139. The number of rotatable bonds is 7. The van der Waals surface area contributed by atoms with Crippen molar-refractivity contribution in [2.45, 2.75) is 44.9 Å². The topological polar surface area (TPSA) is 96.2 Å². The highest BCUT2D eigenvalue weighted by molar-refractivity contribution is 5.92. The fourth-order valence-corrected chi connectivity index (χ4v) is 5.85. The van der Waals surface area contributed by atoms with Crippen molar-refractivity contribution in [1.29, 1.82) is 0 Å². The van der Waals surface area contributed by atoms with E-state index in [0.29, 0.717) is 12.0 Å². The minimum Gasteiger partial charge on any atom is -0.444 e. The van der Waals surface area contributed by atoms with E-state index in [1.54, 1.807) is 4.90 Å². The maximum Gasteiger partial charge on any atom is 0.416 e. The number of carbonyl (C=O) groups excluding carboxylic acids is 3. The molecule has 5 rings (SSSR count). The van der Waals surface area contributed by atoms with Gasteiger partial charge in [-0.1, -0.05) is 72.3 Å². The lowest BCUT2D eigenvalue weighted by Gasteiger charge is -2.53. The number of aryl methyl sites for hydroxylation is 1. The van der Waals surface area contributed by atoms with Crippen LogP contribution in [0.4, 0.5) is 18.0 Å². The predicted octanol–water partition coefficient (Wildman–Crippen LogP) is 4.35. The van der Waals surface area contributed by atoms with Crippen LogP contribution in [0.3, 0.4) is 0 Å². The molecule has 2 N–H and O–H groups in total. The second kappa shape index (κ2) is 12.5. The molecule has 2 fully saturated rings. The van der Waals surface area contributed by atoms with Crippen molar-refractivity contribution in [2.75, 3.05) is 19.6 Å². The third-order valence-electron chi connectivity index (χ3n) is 7.84. The largest absolute Gasteiger partial charge is 0.444 e. The third-order valence-corrected chi connectivity index (χ3v) is 7.84. The maximum absolute atomic E-state index is 13.9. The highest BCUT2D eigenvalue weighted by Crippen LogP contribution is 2.32. The van der Waals surface area contributed by atoms with Gasteiger partial charge in [-0.15, -0.1) is 0 Å². The van der Waals surface area contributed by atoms with Gasteiger partial charge in [0.2, 0.25) is 11.8 Å². The van der Waals surface area contributed by atoms with Crippen molar-refractivity contribution in [1.82, 2.24) is 14.7 Å². The number of nitrogens with zero attached hydrogens (tertiary/aromatic N) is 3. The van der Waals surface area contributed by atoms with Crippen LogP contribution in [0.15, 0.2) is 78.9 Å². The summed E-state index contributed by atoms with van der Waals surface area (Å²) in [5, 5.41) is 0. The standard InChI is InChI=1S/C32H33F3N4O4/c1-21-12-24(15-26(13-21)32(33,34)35)20-43-31(42)38-18-25(14-22-8-4-2-5-9-22)29(40)39-27(16-36)30(41)37(19-28(38)39)17-23-10-6-3-7-11-23/h2-13,15,25,27-28H,14,16-20,36H2,1H3/t25-,27+,28-/m1/s1. The number of halogens is 3. The molecule has 226 valence electrons. The van der Waals surface area contributed by atoms with E-state index in [0.717, 1.165) is 23.3 Å². The first kappa shape index (κ1) is 30.1. The van der Waals surface area contributed by atoms with Gasteiger partial charge in [0, 0.05) is 19.6 Å². The van der Waals surface area contributed by atoms with Gasteiger partial charge in [-0.05, 0) is 42.2 Å². The smallest absolute Gasteiger partial charge is 0.416 e. The molecule has 2 aliphatic heterocycles. The Kier molecular flexibility index (Phi) is 8.72. The number of benzene rings is 3. The first-order valence-corrected chi connectivity index (χ1v) is 14.0. The highest BCUT2D eigenvalue weighted by Gasteiger charge is 2.51. The lowest BCUT2D eigenvalue weighted by molar-refractivity contribution is -0.172. The van der Waals surface area contributed by atoms with Gasteiger partial charge in [0.15, 0.2) is 0 Å². The molecule has 0 radical (unpaired) electrons. The zero-order chi connectivity index (χ0) is 30.7. The summed E-state index contributed by atoms with van der Waals surface area (Å²) in [6, 6.07) is 21.2. The Morgan fingerprint density at radius 1 is 0.907 bits per heavy atom. The van der Waals surface area contributed by atoms with Crippen LogP contribution in [0.1, 0.15) is 27.8 Å². The van der Waals surface area contributed by atoms with E-state index in [2.05, 4.69) is 0 Å². The number of carbonyl (C=O) groups is 3. The molecule has 3 amide bonds. The lowest BCUT2D eigenvalue weighted by Crippen LogP contribution is -2.74. The van der Waals surface area contributed by atoms with Gasteiger partial charge in [0.25, 0.3) is 0 Å². The molecule has 0 saturated carbocycles. The summed E-state index contributed by atoms with van der Waals surface area (Å²) in [6.07, 6.45) is -5.87. The summed E-state index contributed by atoms with van der Waals surface area (Å²) in [5.41, 5.74) is 7.56. The van der Waals surface area contributed by atoms with Gasteiger partial charge in [-0.2, -0.15) is 13.2 Å². The zero-order valence-corrected chi connectivity index (χ0v) is 23.7. The van der Waals surface area contributed by atoms with E-state index in [4.69, 9.17) is 10.5 Å². The van der Waals surface area contributed by atoms with Crippen LogP contribution in [-0.2, 0) is 40.1 Å². The van der Waals surface area contributed by atoms with Gasteiger partial charge < -0.3 is 20.3 Å². The molecule has 8 nitrogen and oxygen atoms in total. The van der Waals surface area contributed by atoms with Crippen molar-refractivity contribution >= 4 is 17.9 Å². The molecule has 0 spiro atoms. The molecule has 3 aromatic rings. The second-order valence-electron chi connectivity index (χ2n) is 11.0. The van der Waals surface area contributed by atoms with Gasteiger partial charge >= 0.3 is 12.3 Å². The Balaban J connectivity index is 1.43. The average Bonchev–Trinajstić information content (AvgIpc) is 2.98. The third kappa shape index (κ3) is 6.67. The van der Waals surface area contributed by atoms with Crippen LogP contribution in [0.25, 0.3) is 0 Å². The van der Waals surface area contributed by atoms with E-state index in [1.165, 1.54) is 22.8 Å². The number of hydrogen-bond donors (Lipinski definition) is 1. The van der Waals surface area contributed by atoms with E-state index >= 15 is 0 Å². The minimum atomic E-state index is -4.54. The Hall–Kier alpha value is -4.38. The quantitative estimate of drug-likeness (QED) is 0.439. The van der Waals surface area contributed by atoms with Gasteiger partial charge in [-0.25, -0.2) is 4.79 Å². The monoisotopic (exact) mass is 594 g/mol. The van der Waals surface area contributed by atoms with Crippen LogP contribution in [-0.4, -0.2) is 64.4 Å². The Morgan fingerprint density at radius 2 is 1.56 bits per heavy atom. The number of amides is 3. The van der Waals surface area contributed by atoms with Gasteiger partial charge in [0.05, 0.1) is 18.0 Å². The number of fused-ring (bicyclic) bond motifs is 1. The molecule has 2 heterocycles. The summed E-state index contributed by atoms with van der Waals surface area (Å²) in [7, 11) is 0. The number of hydrogen-bond acceptors (Lipinski definition) is 5. The molecule has 3 atom stereocenters. The van der Waals surface area contributed by atoms with Crippen LogP contribution in [0.2, 0.25) is 0 Å². The highest BCUT2D eigenvalue weighted by atomic mass is 19.4. The Bertz CT molecular complexity index is 1470. The number of ether oxygens (including phenoxy) is 1. The fraction of sp³-hybridized carbons (Fsp3) is 0.344. The number of piperazine rings is 1. The van der Waals surface area contributed by atoms with Gasteiger partial charge in [0.1, 0.15) is 18.8 Å². The van der Waals surface area contributed by atoms with E-state index in [1.807, 2.05) is 60.7 Å². The predicted molar refractivity (Wildman–Crippen MR) is 152 cm³/mol.